The van der Waals surface area contributed by atoms with E-state index in [4.69, 9.17) is 4.74 Å². The Morgan fingerprint density at radius 2 is 1.80 bits per heavy atom. The van der Waals surface area contributed by atoms with Crippen molar-refractivity contribution in [2.45, 2.75) is 50.2 Å². The highest BCUT2D eigenvalue weighted by Crippen LogP contribution is 2.45. The van der Waals surface area contributed by atoms with Crippen LogP contribution in [-0.4, -0.2) is 42.5 Å². The Kier molecular flexibility index (Phi) is 4.50. The molecule has 1 N–H and O–H groups in total. The number of benzene rings is 1. The van der Waals surface area contributed by atoms with Gasteiger partial charge < -0.3 is 15.0 Å². The summed E-state index contributed by atoms with van der Waals surface area (Å²) in [6, 6.07) is 10.2. The zero-order chi connectivity index (χ0) is 17.3. The lowest BCUT2D eigenvalue weighted by molar-refractivity contribution is -0.144. The van der Waals surface area contributed by atoms with Gasteiger partial charge in [-0.15, -0.1) is 0 Å². The topological polar surface area (TPSA) is 58.6 Å². The van der Waals surface area contributed by atoms with E-state index in [1.807, 2.05) is 23.1 Å². The van der Waals surface area contributed by atoms with Crippen molar-refractivity contribution in [2.24, 2.45) is 5.92 Å². The van der Waals surface area contributed by atoms with E-state index in [0.717, 1.165) is 38.5 Å². The third-order valence-corrected chi connectivity index (χ3v) is 5.82. The van der Waals surface area contributed by atoms with E-state index in [1.165, 1.54) is 5.56 Å². The number of hydrogen-bond donors (Lipinski definition) is 1. The van der Waals surface area contributed by atoms with Gasteiger partial charge in [-0.1, -0.05) is 30.3 Å². The molecule has 1 aliphatic carbocycles. The number of piperidine rings is 1. The Labute approximate surface area is 148 Å². The van der Waals surface area contributed by atoms with Crippen LogP contribution in [0.2, 0.25) is 0 Å². The summed E-state index contributed by atoms with van der Waals surface area (Å²) in [4.78, 5) is 27.0. The molecular weight excluding hydrogens is 316 g/mol. The summed E-state index contributed by atoms with van der Waals surface area (Å²) in [5, 5.41) is 3.29. The maximum Gasteiger partial charge on any atom is 0.251 e. The van der Waals surface area contributed by atoms with Crippen LogP contribution in [0.3, 0.4) is 0 Å². The summed E-state index contributed by atoms with van der Waals surface area (Å²) in [7, 11) is 0. The second-order valence-electron chi connectivity index (χ2n) is 7.54. The SMILES string of the molecule is O=C(NC1(c2ccccc2)CC1)C1CCN(C(=O)C2CCCO2)CC1. The molecule has 5 heteroatoms. The van der Waals surface area contributed by atoms with E-state index in [-0.39, 0.29) is 29.4 Å². The number of ether oxygens (including phenoxy) is 1. The maximum atomic E-state index is 12.7. The number of hydrogen-bond acceptors (Lipinski definition) is 3. The third kappa shape index (κ3) is 3.43. The van der Waals surface area contributed by atoms with Gasteiger partial charge in [0.25, 0.3) is 5.91 Å². The summed E-state index contributed by atoms with van der Waals surface area (Å²) in [5.74, 6) is 0.264. The van der Waals surface area contributed by atoms with Crippen LogP contribution < -0.4 is 5.32 Å². The molecular formula is C20H26N2O3. The van der Waals surface area contributed by atoms with Gasteiger partial charge in [0.2, 0.25) is 5.91 Å². The number of nitrogens with zero attached hydrogens (tertiary/aromatic N) is 1. The van der Waals surface area contributed by atoms with E-state index in [2.05, 4.69) is 17.4 Å². The first-order valence-electron chi connectivity index (χ1n) is 9.46. The molecule has 1 unspecified atom stereocenters. The highest BCUT2D eigenvalue weighted by molar-refractivity contribution is 5.83. The smallest absolute Gasteiger partial charge is 0.251 e. The van der Waals surface area contributed by atoms with Gasteiger partial charge in [0.05, 0.1) is 5.54 Å². The van der Waals surface area contributed by atoms with Crippen LogP contribution in [0.1, 0.15) is 44.1 Å². The van der Waals surface area contributed by atoms with Crippen molar-refractivity contribution in [3.05, 3.63) is 35.9 Å². The van der Waals surface area contributed by atoms with Crippen LogP contribution in [0, 0.1) is 5.92 Å². The standard InChI is InChI=1S/C20H26N2O3/c23-18(21-20(10-11-20)16-5-2-1-3-6-16)15-8-12-22(13-9-15)19(24)17-7-4-14-25-17/h1-3,5-6,15,17H,4,7-14H2,(H,21,23). The monoisotopic (exact) mass is 342 g/mol. The van der Waals surface area contributed by atoms with Crippen molar-refractivity contribution >= 4 is 11.8 Å². The fourth-order valence-corrected chi connectivity index (χ4v) is 4.04. The summed E-state index contributed by atoms with van der Waals surface area (Å²) in [5.41, 5.74) is 1.05. The predicted octanol–water partition coefficient (Wildman–Crippen LogP) is 2.21. The highest BCUT2D eigenvalue weighted by Gasteiger charge is 2.46. The minimum absolute atomic E-state index is 0.00901. The van der Waals surface area contributed by atoms with Crippen LogP contribution in [0.25, 0.3) is 0 Å². The van der Waals surface area contributed by atoms with Gasteiger partial charge >= 0.3 is 0 Å². The van der Waals surface area contributed by atoms with E-state index >= 15 is 0 Å². The van der Waals surface area contributed by atoms with E-state index in [0.29, 0.717) is 19.7 Å². The van der Waals surface area contributed by atoms with Crippen molar-refractivity contribution in [3.63, 3.8) is 0 Å². The second kappa shape index (κ2) is 6.79. The fourth-order valence-electron chi connectivity index (χ4n) is 4.04. The molecule has 134 valence electrons. The van der Waals surface area contributed by atoms with Crippen molar-refractivity contribution < 1.29 is 14.3 Å². The lowest BCUT2D eigenvalue weighted by atomic mass is 9.94. The molecule has 0 spiro atoms. The maximum absolute atomic E-state index is 12.7. The molecule has 0 radical (unpaired) electrons. The fraction of sp³-hybridized carbons (Fsp3) is 0.600. The number of carbonyl (C=O) groups excluding carboxylic acids is 2. The van der Waals surface area contributed by atoms with Gasteiger partial charge in [-0.2, -0.15) is 0 Å². The first kappa shape index (κ1) is 16.6. The zero-order valence-electron chi connectivity index (χ0n) is 14.6. The molecule has 5 nitrogen and oxygen atoms in total. The largest absolute Gasteiger partial charge is 0.368 e. The predicted molar refractivity (Wildman–Crippen MR) is 93.8 cm³/mol. The minimum Gasteiger partial charge on any atom is -0.368 e. The molecule has 1 aromatic rings. The molecule has 4 rings (SSSR count). The number of rotatable bonds is 4. The number of nitrogens with one attached hydrogen (secondary N) is 1. The molecule has 1 atom stereocenters. The Morgan fingerprint density at radius 1 is 1.08 bits per heavy atom. The first-order chi connectivity index (χ1) is 12.2. The molecule has 0 aromatic heterocycles. The molecule has 3 fully saturated rings. The Hall–Kier alpha value is -1.88. The van der Waals surface area contributed by atoms with E-state index in [1.54, 1.807) is 0 Å². The van der Waals surface area contributed by atoms with Gasteiger partial charge in [-0.3, -0.25) is 9.59 Å². The zero-order valence-corrected chi connectivity index (χ0v) is 14.6. The van der Waals surface area contributed by atoms with Gasteiger partial charge in [0.15, 0.2) is 0 Å². The molecule has 2 saturated heterocycles. The van der Waals surface area contributed by atoms with Gasteiger partial charge in [0, 0.05) is 25.6 Å². The van der Waals surface area contributed by atoms with Crippen molar-refractivity contribution in [1.29, 1.82) is 0 Å². The van der Waals surface area contributed by atoms with Crippen LogP contribution in [0.5, 0.6) is 0 Å². The molecule has 0 bridgehead atoms. The van der Waals surface area contributed by atoms with Crippen LogP contribution >= 0.6 is 0 Å². The van der Waals surface area contributed by atoms with Gasteiger partial charge in [0.1, 0.15) is 6.10 Å². The summed E-state index contributed by atoms with van der Waals surface area (Å²) >= 11 is 0. The molecule has 1 saturated carbocycles. The second-order valence-corrected chi connectivity index (χ2v) is 7.54. The summed E-state index contributed by atoms with van der Waals surface area (Å²) in [6.07, 6.45) is 5.07. The van der Waals surface area contributed by atoms with Crippen LogP contribution in [-0.2, 0) is 19.9 Å². The first-order valence-corrected chi connectivity index (χ1v) is 9.46. The van der Waals surface area contributed by atoms with Crippen LogP contribution in [0.15, 0.2) is 30.3 Å². The molecule has 2 amide bonds. The van der Waals surface area contributed by atoms with E-state index in [9.17, 15) is 9.59 Å². The Morgan fingerprint density at radius 3 is 2.40 bits per heavy atom. The third-order valence-electron chi connectivity index (χ3n) is 5.82. The Bertz CT molecular complexity index is 628. The lowest BCUT2D eigenvalue weighted by Crippen LogP contribution is -2.47. The molecule has 25 heavy (non-hydrogen) atoms. The van der Waals surface area contributed by atoms with Crippen molar-refractivity contribution in [1.82, 2.24) is 10.2 Å². The average molecular weight is 342 g/mol. The minimum atomic E-state index is -0.252. The Balaban J connectivity index is 1.30. The highest BCUT2D eigenvalue weighted by atomic mass is 16.5. The number of likely N-dealkylation sites (tertiary alicyclic amines) is 1. The molecule has 2 aliphatic heterocycles. The van der Waals surface area contributed by atoms with Crippen molar-refractivity contribution in [2.75, 3.05) is 19.7 Å². The molecule has 3 aliphatic rings. The quantitative estimate of drug-likeness (QED) is 0.913. The van der Waals surface area contributed by atoms with Crippen LogP contribution in [0.4, 0.5) is 0 Å². The summed E-state index contributed by atoms with van der Waals surface area (Å²) in [6.45, 7) is 2.01. The number of amides is 2. The summed E-state index contributed by atoms with van der Waals surface area (Å²) < 4.78 is 5.49. The van der Waals surface area contributed by atoms with Gasteiger partial charge in [-0.05, 0) is 44.1 Å². The van der Waals surface area contributed by atoms with E-state index < -0.39 is 0 Å². The molecule has 2 heterocycles. The van der Waals surface area contributed by atoms with Crippen molar-refractivity contribution in [3.8, 4) is 0 Å². The average Bonchev–Trinajstić information content (AvgIpc) is 3.23. The van der Waals surface area contributed by atoms with Gasteiger partial charge in [-0.25, -0.2) is 0 Å². The normalized spacial score (nSPS) is 25.6. The molecule has 1 aromatic carbocycles. The number of carbonyl (C=O) groups is 2. The lowest BCUT2D eigenvalue weighted by Gasteiger charge is -2.33.